The number of benzene rings is 1. The van der Waals surface area contributed by atoms with Crippen molar-refractivity contribution in [2.24, 2.45) is 17.6 Å². The van der Waals surface area contributed by atoms with Gasteiger partial charge in [0.25, 0.3) is 0 Å². The molecule has 6 heteroatoms. The number of rotatable bonds is 4. The number of piperidine rings is 1. The van der Waals surface area contributed by atoms with E-state index in [1.165, 1.54) is 0 Å². The fraction of sp³-hybridized carbons (Fsp3) is 0.533. The summed E-state index contributed by atoms with van der Waals surface area (Å²) in [5.74, 6) is 1.00. The predicted octanol–water partition coefficient (Wildman–Crippen LogP) is 2.85. The molecule has 2 atom stereocenters. The van der Waals surface area contributed by atoms with E-state index in [9.17, 15) is 4.79 Å². The molecule has 1 aromatic carbocycles. The first-order chi connectivity index (χ1) is 10.0. The third-order valence-electron chi connectivity index (χ3n) is 4.09. The van der Waals surface area contributed by atoms with Crippen LogP contribution >= 0.6 is 23.2 Å². The Kier molecular flexibility index (Phi) is 5.88. The van der Waals surface area contributed by atoms with Crippen LogP contribution in [0.5, 0.6) is 0 Å². The second-order valence-corrected chi connectivity index (χ2v) is 6.43. The highest BCUT2D eigenvalue weighted by Gasteiger charge is 2.26. The lowest BCUT2D eigenvalue weighted by molar-refractivity contribution is -0.117. The van der Waals surface area contributed by atoms with Crippen molar-refractivity contribution in [3.05, 3.63) is 28.2 Å². The molecule has 0 radical (unpaired) electrons. The van der Waals surface area contributed by atoms with Crippen LogP contribution in [0.1, 0.15) is 13.3 Å². The van der Waals surface area contributed by atoms with Gasteiger partial charge in [-0.15, -0.1) is 0 Å². The van der Waals surface area contributed by atoms with Gasteiger partial charge in [0.2, 0.25) is 5.91 Å². The second kappa shape index (κ2) is 7.45. The smallest absolute Gasteiger partial charge is 0.238 e. The number of hydrogen-bond donors (Lipinski definition) is 2. The molecule has 21 heavy (non-hydrogen) atoms. The molecule has 0 saturated carbocycles. The van der Waals surface area contributed by atoms with E-state index in [-0.39, 0.29) is 5.91 Å². The first kappa shape index (κ1) is 16.6. The zero-order valence-corrected chi connectivity index (χ0v) is 13.6. The van der Waals surface area contributed by atoms with E-state index in [1.54, 1.807) is 18.2 Å². The summed E-state index contributed by atoms with van der Waals surface area (Å²) < 4.78 is 0. The van der Waals surface area contributed by atoms with Gasteiger partial charge in [-0.25, -0.2) is 0 Å². The van der Waals surface area contributed by atoms with Crippen molar-refractivity contribution in [1.29, 1.82) is 0 Å². The summed E-state index contributed by atoms with van der Waals surface area (Å²) in [4.78, 5) is 14.3. The fourth-order valence-electron chi connectivity index (χ4n) is 2.67. The summed E-state index contributed by atoms with van der Waals surface area (Å²) in [6.45, 7) is 5.04. The van der Waals surface area contributed by atoms with Crippen LogP contribution in [-0.4, -0.2) is 37.0 Å². The maximum atomic E-state index is 12.1. The lowest BCUT2D eigenvalue weighted by Gasteiger charge is -2.36. The van der Waals surface area contributed by atoms with Crippen molar-refractivity contribution >= 4 is 34.8 Å². The number of nitrogens with zero attached hydrogens (tertiary/aromatic N) is 1. The Morgan fingerprint density at radius 3 is 2.95 bits per heavy atom. The topological polar surface area (TPSA) is 58.4 Å². The van der Waals surface area contributed by atoms with Crippen LogP contribution in [0.25, 0.3) is 0 Å². The van der Waals surface area contributed by atoms with Gasteiger partial charge in [-0.3, -0.25) is 9.69 Å². The minimum atomic E-state index is -0.0792. The number of carbonyl (C=O) groups is 1. The number of amides is 1. The number of nitrogens with one attached hydrogen (secondary N) is 1. The summed E-state index contributed by atoms with van der Waals surface area (Å²) in [5, 5.41) is 3.62. The van der Waals surface area contributed by atoms with Gasteiger partial charge in [0.05, 0.1) is 22.3 Å². The Morgan fingerprint density at radius 1 is 1.48 bits per heavy atom. The van der Waals surface area contributed by atoms with Crippen molar-refractivity contribution in [3.8, 4) is 0 Å². The van der Waals surface area contributed by atoms with Gasteiger partial charge < -0.3 is 11.1 Å². The molecule has 1 aromatic rings. The highest BCUT2D eigenvalue weighted by Crippen LogP contribution is 2.29. The van der Waals surface area contributed by atoms with E-state index in [1.807, 2.05) is 0 Å². The van der Waals surface area contributed by atoms with Gasteiger partial charge in [0.15, 0.2) is 0 Å². The maximum Gasteiger partial charge on any atom is 0.238 e. The van der Waals surface area contributed by atoms with Crippen molar-refractivity contribution in [2.45, 2.75) is 13.3 Å². The van der Waals surface area contributed by atoms with Crippen LogP contribution in [0.3, 0.4) is 0 Å². The van der Waals surface area contributed by atoms with Crippen LogP contribution < -0.4 is 11.1 Å². The molecule has 2 unspecified atom stereocenters. The zero-order chi connectivity index (χ0) is 15.4. The van der Waals surface area contributed by atoms with Gasteiger partial charge >= 0.3 is 0 Å². The highest BCUT2D eigenvalue weighted by molar-refractivity contribution is 6.43. The van der Waals surface area contributed by atoms with Gasteiger partial charge in [0.1, 0.15) is 0 Å². The standard InChI is InChI=1S/C15H21Cl2N3O/c1-10-5-6-20(8-11(10)7-18)9-14(21)19-13-4-2-3-12(16)15(13)17/h2-4,10-11H,5-9,18H2,1H3,(H,19,21). The van der Waals surface area contributed by atoms with E-state index in [2.05, 4.69) is 17.1 Å². The summed E-state index contributed by atoms with van der Waals surface area (Å²) in [5.41, 5.74) is 6.34. The maximum absolute atomic E-state index is 12.1. The minimum Gasteiger partial charge on any atom is -0.330 e. The average Bonchev–Trinajstić information content (AvgIpc) is 2.46. The Balaban J connectivity index is 1.91. The van der Waals surface area contributed by atoms with E-state index in [0.717, 1.165) is 19.5 Å². The van der Waals surface area contributed by atoms with E-state index in [0.29, 0.717) is 40.7 Å². The molecular weight excluding hydrogens is 309 g/mol. The number of nitrogens with two attached hydrogens (primary N) is 1. The lowest BCUT2D eigenvalue weighted by Crippen LogP contribution is -2.45. The molecule has 1 fully saturated rings. The van der Waals surface area contributed by atoms with Crippen molar-refractivity contribution in [2.75, 3.05) is 31.5 Å². The van der Waals surface area contributed by atoms with Crippen LogP contribution in [0.4, 0.5) is 5.69 Å². The lowest BCUT2D eigenvalue weighted by atomic mass is 9.87. The van der Waals surface area contributed by atoms with Gasteiger partial charge in [-0.1, -0.05) is 36.2 Å². The second-order valence-electron chi connectivity index (χ2n) is 5.65. The SMILES string of the molecule is CC1CCN(CC(=O)Nc2cccc(Cl)c2Cl)CC1CN. The Hall–Kier alpha value is -0.810. The molecule has 1 heterocycles. The molecule has 3 N–H and O–H groups in total. The molecule has 4 nitrogen and oxygen atoms in total. The molecule has 1 amide bonds. The van der Waals surface area contributed by atoms with Gasteiger partial charge in [-0.2, -0.15) is 0 Å². The number of likely N-dealkylation sites (tertiary alicyclic amines) is 1. The third kappa shape index (κ3) is 4.33. The van der Waals surface area contributed by atoms with Crippen molar-refractivity contribution < 1.29 is 4.79 Å². The van der Waals surface area contributed by atoms with Crippen molar-refractivity contribution in [1.82, 2.24) is 4.90 Å². The van der Waals surface area contributed by atoms with E-state index >= 15 is 0 Å². The monoisotopic (exact) mass is 329 g/mol. The molecule has 0 spiro atoms. The largest absolute Gasteiger partial charge is 0.330 e. The number of halogens is 2. The predicted molar refractivity (Wildman–Crippen MR) is 87.9 cm³/mol. The normalized spacial score (nSPS) is 23.0. The average molecular weight is 330 g/mol. The molecular formula is C15H21Cl2N3O. The quantitative estimate of drug-likeness (QED) is 0.892. The number of carbonyl (C=O) groups excluding carboxylic acids is 1. The molecule has 2 rings (SSSR count). The Bertz CT molecular complexity index is 510. The molecule has 0 aliphatic carbocycles. The molecule has 116 valence electrons. The van der Waals surface area contributed by atoms with Crippen LogP contribution in [0, 0.1) is 11.8 Å². The Labute approximate surface area is 135 Å². The summed E-state index contributed by atoms with van der Waals surface area (Å²) in [7, 11) is 0. The fourth-order valence-corrected chi connectivity index (χ4v) is 3.02. The molecule has 1 aliphatic rings. The number of anilines is 1. The van der Waals surface area contributed by atoms with E-state index < -0.39 is 0 Å². The van der Waals surface area contributed by atoms with Crippen molar-refractivity contribution in [3.63, 3.8) is 0 Å². The molecule has 1 saturated heterocycles. The van der Waals surface area contributed by atoms with E-state index in [4.69, 9.17) is 28.9 Å². The minimum absolute atomic E-state index is 0.0792. The summed E-state index contributed by atoms with van der Waals surface area (Å²) in [6.07, 6.45) is 1.08. The van der Waals surface area contributed by atoms with Gasteiger partial charge in [-0.05, 0) is 43.5 Å². The third-order valence-corrected chi connectivity index (χ3v) is 4.91. The highest BCUT2D eigenvalue weighted by atomic mass is 35.5. The first-order valence-corrected chi connectivity index (χ1v) is 7.93. The first-order valence-electron chi connectivity index (χ1n) is 7.17. The zero-order valence-electron chi connectivity index (χ0n) is 12.1. The summed E-state index contributed by atoms with van der Waals surface area (Å²) in [6, 6.07) is 5.20. The van der Waals surface area contributed by atoms with Crippen LogP contribution in [-0.2, 0) is 4.79 Å². The molecule has 0 aromatic heterocycles. The summed E-state index contributed by atoms with van der Waals surface area (Å²) >= 11 is 12.0. The molecule has 0 bridgehead atoms. The number of hydrogen-bond acceptors (Lipinski definition) is 3. The Morgan fingerprint density at radius 2 is 2.24 bits per heavy atom. The molecule has 1 aliphatic heterocycles. The van der Waals surface area contributed by atoms with Crippen LogP contribution in [0.2, 0.25) is 10.0 Å². The van der Waals surface area contributed by atoms with Gasteiger partial charge in [0, 0.05) is 6.54 Å². The van der Waals surface area contributed by atoms with Crippen LogP contribution in [0.15, 0.2) is 18.2 Å².